The van der Waals surface area contributed by atoms with Crippen molar-refractivity contribution >= 4 is 22.8 Å². The van der Waals surface area contributed by atoms with Gasteiger partial charge in [-0.1, -0.05) is 18.2 Å². The molecule has 0 aliphatic carbocycles. The summed E-state index contributed by atoms with van der Waals surface area (Å²) in [4.78, 5) is 15.9. The van der Waals surface area contributed by atoms with E-state index in [-0.39, 0.29) is 0 Å². The van der Waals surface area contributed by atoms with Crippen molar-refractivity contribution in [3.8, 4) is 0 Å². The van der Waals surface area contributed by atoms with Gasteiger partial charge in [-0.25, -0.2) is 15.0 Å². The molecule has 3 rings (SSSR count). The van der Waals surface area contributed by atoms with E-state index in [1.165, 1.54) is 5.52 Å². The van der Waals surface area contributed by atoms with Gasteiger partial charge in [-0.05, 0) is 44.5 Å². The third kappa shape index (κ3) is 5.47. The molecule has 0 unspecified atom stereocenters. The Hall–Kier alpha value is -3.09. The van der Waals surface area contributed by atoms with Crippen LogP contribution in [0.5, 0.6) is 0 Å². The molecule has 2 N–H and O–H groups in total. The maximum atomic E-state index is 4.68. The van der Waals surface area contributed by atoms with Gasteiger partial charge in [0, 0.05) is 33.7 Å². The van der Waals surface area contributed by atoms with E-state index in [0.717, 1.165) is 54.9 Å². The third-order valence-electron chi connectivity index (χ3n) is 4.69. The van der Waals surface area contributed by atoms with E-state index in [1.54, 1.807) is 0 Å². The van der Waals surface area contributed by atoms with Crippen LogP contribution in [-0.4, -0.2) is 47.7 Å². The summed E-state index contributed by atoms with van der Waals surface area (Å²) in [6, 6.07) is 14.3. The average Bonchev–Trinajstić information content (AvgIpc) is 3.04. The molecule has 29 heavy (non-hydrogen) atoms. The predicted octanol–water partition coefficient (Wildman–Crippen LogP) is 2.95. The number of nitrogens with one attached hydrogen (secondary N) is 2. The lowest BCUT2D eigenvalue weighted by Crippen LogP contribution is -2.38. The van der Waals surface area contributed by atoms with Crippen LogP contribution < -0.4 is 15.5 Å². The van der Waals surface area contributed by atoms with E-state index in [9.17, 15) is 0 Å². The Kier molecular flexibility index (Phi) is 7.05. The first-order chi connectivity index (χ1) is 14.1. The highest BCUT2D eigenvalue weighted by Gasteiger charge is 2.06. The van der Waals surface area contributed by atoms with Crippen LogP contribution in [0.3, 0.4) is 0 Å². The minimum absolute atomic E-state index is 0.544. The van der Waals surface area contributed by atoms with Crippen molar-refractivity contribution in [2.24, 2.45) is 4.99 Å². The highest BCUT2D eigenvalue weighted by Crippen LogP contribution is 2.15. The summed E-state index contributed by atoms with van der Waals surface area (Å²) >= 11 is 0. The van der Waals surface area contributed by atoms with Crippen LogP contribution in [0.2, 0.25) is 0 Å². The van der Waals surface area contributed by atoms with Gasteiger partial charge in [0.25, 0.3) is 0 Å². The van der Waals surface area contributed by atoms with E-state index in [1.807, 2.05) is 43.3 Å². The Bertz CT molecular complexity index is 959. The number of aromatic nitrogens is 3. The first kappa shape index (κ1) is 20.6. The molecule has 0 aliphatic heterocycles. The first-order valence-corrected chi connectivity index (χ1v) is 10.2. The number of fused-ring (bicyclic) bond motifs is 1. The predicted molar refractivity (Wildman–Crippen MR) is 120 cm³/mol. The Labute approximate surface area is 172 Å². The fourth-order valence-corrected chi connectivity index (χ4v) is 3.23. The Morgan fingerprint density at radius 3 is 2.69 bits per heavy atom. The zero-order chi connectivity index (χ0) is 20.6. The summed E-state index contributed by atoms with van der Waals surface area (Å²) in [5.41, 5.74) is 3.20. The molecule has 0 fully saturated rings. The lowest BCUT2D eigenvalue weighted by molar-refractivity contribution is 0.624. The third-order valence-corrected chi connectivity index (χ3v) is 4.69. The van der Waals surface area contributed by atoms with Crippen molar-refractivity contribution in [1.29, 1.82) is 0 Å². The van der Waals surface area contributed by atoms with E-state index in [0.29, 0.717) is 6.54 Å². The molecule has 0 spiro atoms. The fourth-order valence-electron chi connectivity index (χ4n) is 3.23. The molecule has 0 radical (unpaired) electrons. The molecule has 0 atom stereocenters. The number of aryl methyl sites for hydroxylation is 2. The number of imidazole rings is 1. The summed E-state index contributed by atoms with van der Waals surface area (Å²) in [5, 5.41) is 6.73. The SMILES string of the molecule is CCNC(=NCc1cccc(N(C)C)n1)NCCCn1c(C)nc2ccccc21. The van der Waals surface area contributed by atoms with Gasteiger partial charge in [0.15, 0.2) is 5.96 Å². The zero-order valence-corrected chi connectivity index (χ0v) is 17.8. The maximum absolute atomic E-state index is 4.68. The standard InChI is InChI=1S/C22H31N7/c1-5-23-22(25-16-18-10-8-13-21(27-18)28(3)4)24-14-9-15-29-17(2)26-19-11-6-7-12-20(19)29/h6-8,10-13H,5,9,14-16H2,1-4H3,(H2,23,24,25). The molecular weight excluding hydrogens is 362 g/mol. The minimum Gasteiger partial charge on any atom is -0.363 e. The average molecular weight is 394 g/mol. The van der Waals surface area contributed by atoms with Crippen LogP contribution >= 0.6 is 0 Å². The molecule has 154 valence electrons. The van der Waals surface area contributed by atoms with Crippen LogP contribution in [0.15, 0.2) is 47.5 Å². The number of hydrogen-bond donors (Lipinski definition) is 2. The number of anilines is 1. The minimum atomic E-state index is 0.544. The lowest BCUT2D eigenvalue weighted by Gasteiger charge is -2.13. The zero-order valence-electron chi connectivity index (χ0n) is 17.8. The summed E-state index contributed by atoms with van der Waals surface area (Å²) in [5.74, 6) is 2.81. The highest BCUT2D eigenvalue weighted by atomic mass is 15.2. The van der Waals surface area contributed by atoms with Crippen LogP contribution in [0.4, 0.5) is 5.82 Å². The number of benzene rings is 1. The molecule has 1 aromatic carbocycles. The largest absolute Gasteiger partial charge is 0.363 e. The maximum Gasteiger partial charge on any atom is 0.191 e. The number of rotatable bonds is 8. The van der Waals surface area contributed by atoms with Gasteiger partial charge in [-0.3, -0.25) is 0 Å². The molecule has 3 aromatic rings. The molecule has 0 amide bonds. The van der Waals surface area contributed by atoms with Gasteiger partial charge in [0.1, 0.15) is 11.6 Å². The summed E-state index contributed by atoms with van der Waals surface area (Å²) < 4.78 is 2.28. The highest BCUT2D eigenvalue weighted by molar-refractivity contribution is 5.79. The first-order valence-electron chi connectivity index (χ1n) is 10.2. The van der Waals surface area contributed by atoms with E-state index in [2.05, 4.69) is 62.2 Å². The quantitative estimate of drug-likeness (QED) is 0.350. The molecule has 7 heteroatoms. The van der Waals surface area contributed by atoms with Crippen molar-refractivity contribution in [2.75, 3.05) is 32.1 Å². The lowest BCUT2D eigenvalue weighted by atomic mass is 10.3. The van der Waals surface area contributed by atoms with Gasteiger partial charge in [-0.2, -0.15) is 0 Å². The van der Waals surface area contributed by atoms with Crippen molar-refractivity contribution in [2.45, 2.75) is 33.4 Å². The monoisotopic (exact) mass is 393 g/mol. The summed E-state index contributed by atoms with van der Waals surface area (Å²) in [7, 11) is 3.98. The summed E-state index contributed by atoms with van der Waals surface area (Å²) in [6.07, 6.45) is 0.986. The number of nitrogens with zero attached hydrogens (tertiary/aromatic N) is 5. The number of para-hydroxylation sites is 2. The Morgan fingerprint density at radius 1 is 1.07 bits per heavy atom. The summed E-state index contributed by atoms with van der Waals surface area (Å²) in [6.45, 7) is 7.26. The van der Waals surface area contributed by atoms with Crippen molar-refractivity contribution < 1.29 is 0 Å². The Morgan fingerprint density at radius 2 is 1.90 bits per heavy atom. The molecule has 0 bridgehead atoms. The second kappa shape index (κ2) is 9.91. The molecular formula is C22H31N7. The number of guanidine groups is 1. The van der Waals surface area contributed by atoms with E-state index >= 15 is 0 Å². The van der Waals surface area contributed by atoms with Crippen LogP contribution in [-0.2, 0) is 13.1 Å². The van der Waals surface area contributed by atoms with Gasteiger partial charge in [-0.15, -0.1) is 0 Å². The van der Waals surface area contributed by atoms with Crippen molar-refractivity contribution in [3.05, 3.63) is 54.0 Å². The Balaban J connectivity index is 1.56. The van der Waals surface area contributed by atoms with Crippen LogP contribution in [0.1, 0.15) is 24.9 Å². The molecule has 0 saturated heterocycles. The van der Waals surface area contributed by atoms with Crippen molar-refractivity contribution in [1.82, 2.24) is 25.2 Å². The van der Waals surface area contributed by atoms with Gasteiger partial charge in [0.05, 0.1) is 23.3 Å². The van der Waals surface area contributed by atoms with Crippen LogP contribution in [0, 0.1) is 6.92 Å². The number of pyridine rings is 1. The van der Waals surface area contributed by atoms with E-state index in [4.69, 9.17) is 0 Å². The fraction of sp³-hybridized carbons (Fsp3) is 0.409. The smallest absolute Gasteiger partial charge is 0.191 e. The van der Waals surface area contributed by atoms with Gasteiger partial charge >= 0.3 is 0 Å². The van der Waals surface area contributed by atoms with Gasteiger partial charge < -0.3 is 20.1 Å². The molecule has 0 saturated carbocycles. The molecule has 7 nitrogen and oxygen atoms in total. The molecule has 0 aliphatic rings. The second-order valence-electron chi connectivity index (χ2n) is 7.16. The van der Waals surface area contributed by atoms with Crippen LogP contribution in [0.25, 0.3) is 11.0 Å². The normalized spacial score (nSPS) is 11.7. The molecule has 2 heterocycles. The van der Waals surface area contributed by atoms with Crippen molar-refractivity contribution in [3.63, 3.8) is 0 Å². The molecule has 2 aromatic heterocycles. The second-order valence-corrected chi connectivity index (χ2v) is 7.16. The number of hydrogen-bond acceptors (Lipinski definition) is 4. The topological polar surface area (TPSA) is 70.4 Å². The van der Waals surface area contributed by atoms with Gasteiger partial charge in [0.2, 0.25) is 0 Å². The number of aliphatic imine (C=N–C) groups is 1. The van der Waals surface area contributed by atoms with E-state index < -0.39 is 0 Å².